The van der Waals surface area contributed by atoms with Gasteiger partial charge >= 0.3 is 0 Å². The first kappa shape index (κ1) is 46.1. The zero-order chi connectivity index (χ0) is 43.3. The molecule has 6 aromatic heterocycles. The Kier molecular flexibility index (Phi) is 16.4. The van der Waals surface area contributed by atoms with Gasteiger partial charge in [-0.1, -0.05) is 75.1 Å². The second-order valence-electron chi connectivity index (χ2n) is 14.0. The van der Waals surface area contributed by atoms with E-state index in [0.29, 0.717) is 60.8 Å². The minimum absolute atomic E-state index is 0.0343. The van der Waals surface area contributed by atoms with Gasteiger partial charge in [-0.05, 0) is 59.0 Å². The van der Waals surface area contributed by atoms with E-state index in [1.807, 2.05) is 46.9 Å². The fourth-order valence-electron chi connectivity index (χ4n) is 3.89. The number of aromatic nitrogens is 12. The smallest absolute Gasteiger partial charge is 0.231 e. The number of alkyl halides is 1. The van der Waals surface area contributed by atoms with Crippen molar-refractivity contribution in [2.24, 2.45) is 21.1 Å². The maximum absolute atomic E-state index is 12.1. The fraction of sp³-hybridized carbons (Fsp3) is 0.353. The average molecular weight is 906 g/mol. The molecule has 0 fully saturated rings. The summed E-state index contributed by atoms with van der Waals surface area (Å²) in [5.41, 5.74) is 1.71. The number of rotatable bonds is 8. The van der Waals surface area contributed by atoms with Crippen LogP contribution in [-0.4, -0.2) is 89.0 Å². The largest absolute Gasteiger partial charge is 0.409 e. The van der Waals surface area contributed by atoms with Crippen LogP contribution >= 0.6 is 57.5 Å². The number of nitrogens with zero attached hydrogens (tertiary/aromatic N) is 14. The highest BCUT2D eigenvalue weighted by atomic mass is 35.5. The molecule has 3 N–H and O–H groups in total. The van der Waals surface area contributed by atoms with Crippen molar-refractivity contribution in [1.29, 1.82) is 0 Å². The third kappa shape index (κ3) is 13.8. The minimum atomic E-state index is -0.502. The molecule has 0 spiro atoms. The Morgan fingerprint density at radius 2 is 1.22 bits per heavy atom. The van der Waals surface area contributed by atoms with Crippen molar-refractivity contribution in [3.63, 3.8) is 0 Å². The number of amides is 2. The molecule has 312 valence electrons. The SMILES string of the molecule is CC(C)(C)C(=O)Nc1nc(CCl)cs1.Cc1nnnn1/C(=N/O)c1ccc(Cl)nc1.Cc1nnnn1/C(=N/OCc1csc(NC(=O)C(C)(C)C)n1)c1ccc(Cl)nc1. The van der Waals surface area contributed by atoms with Crippen LogP contribution in [0.15, 0.2) is 57.7 Å². The van der Waals surface area contributed by atoms with Gasteiger partial charge in [-0.2, -0.15) is 9.36 Å². The zero-order valence-corrected chi connectivity index (χ0v) is 36.8. The van der Waals surface area contributed by atoms with E-state index in [1.165, 1.54) is 38.2 Å². The van der Waals surface area contributed by atoms with E-state index < -0.39 is 10.8 Å². The Hall–Kier alpha value is -5.55. The van der Waals surface area contributed by atoms with Gasteiger partial charge in [0.05, 0.1) is 17.3 Å². The number of aryl methyl sites for hydroxylation is 2. The van der Waals surface area contributed by atoms with Crippen LogP contribution in [0.3, 0.4) is 0 Å². The molecule has 0 radical (unpaired) electrons. The van der Waals surface area contributed by atoms with Gasteiger partial charge in [-0.3, -0.25) is 9.59 Å². The van der Waals surface area contributed by atoms with Crippen molar-refractivity contribution in [2.45, 2.75) is 67.9 Å². The number of carbonyl (C=O) groups excluding carboxylic acids is 2. The van der Waals surface area contributed by atoms with Crippen LogP contribution in [0.25, 0.3) is 0 Å². The molecule has 0 aromatic carbocycles. The minimum Gasteiger partial charge on any atom is -0.409 e. The zero-order valence-electron chi connectivity index (χ0n) is 32.9. The highest BCUT2D eigenvalue weighted by Gasteiger charge is 2.23. The van der Waals surface area contributed by atoms with Crippen molar-refractivity contribution in [1.82, 2.24) is 60.4 Å². The summed E-state index contributed by atoms with van der Waals surface area (Å²) in [7, 11) is 0. The van der Waals surface area contributed by atoms with Crippen LogP contribution in [-0.2, 0) is 26.9 Å². The molecule has 0 aliphatic heterocycles. The Bertz CT molecular complexity index is 2360. The molecule has 2 amide bonds. The van der Waals surface area contributed by atoms with Crippen LogP contribution in [0.5, 0.6) is 0 Å². The number of tetrazole rings is 2. The van der Waals surface area contributed by atoms with E-state index in [2.05, 4.69) is 71.9 Å². The van der Waals surface area contributed by atoms with Gasteiger partial charge in [0.1, 0.15) is 10.3 Å². The average Bonchev–Trinajstić information content (AvgIpc) is 4.01. The third-order valence-corrected chi connectivity index (χ3v) is 9.46. The summed E-state index contributed by atoms with van der Waals surface area (Å²) in [5, 5.41) is 49.5. The van der Waals surface area contributed by atoms with E-state index in [9.17, 15) is 9.59 Å². The Balaban J connectivity index is 0.000000216. The molecule has 0 saturated carbocycles. The van der Waals surface area contributed by atoms with E-state index in [1.54, 1.807) is 49.7 Å². The lowest BCUT2D eigenvalue weighted by Crippen LogP contribution is -2.27. The Morgan fingerprint density at radius 1 is 0.763 bits per heavy atom. The number of thiazole rings is 2. The topological polar surface area (TPSA) is 251 Å². The Morgan fingerprint density at radius 3 is 1.61 bits per heavy atom. The molecule has 0 unspecified atom stereocenters. The summed E-state index contributed by atoms with van der Waals surface area (Å²) in [6, 6.07) is 6.62. The number of anilines is 2. The van der Waals surface area contributed by atoms with Crippen molar-refractivity contribution in [3.05, 3.63) is 91.9 Å². The maximum Gasteiger partial charge on any atom is 0.231 e. The molecule has 0 aliphatic rings. The van der Waals surface area contributed by atoms with Crippen LogP contribution in [0.4, 0.5) is 10.3 Å². The van der Waals surface area contributed by atoms with E-state index in [4.69, 9.17) is 44.8 Å². The molecule has 25 heteroatoms. The molecular formula is C34H39Cl3N16O4S2. The van der Waals surface area contributed by atoms with Gasteiger partial charge < -0.3 is 20.7 Å². The van der Waals surface area contributed by atoms with Gasteiger partial charge in [0.25, 0.3) is 0 Å². The second kappa shape index (κ2) is 20.9. The highest BCUT2D eigenvalue weighted by molar-refractivity contribution is 7.14. The second-order valence-corrected chi connectivity index (χ2v) is 16.7. The number of nitrogens with one attached hydrogen (secondary N) is 2. The van der Waals surface area contributed by atoms with E-state index in [0.717, 1.165) is 5.69 Å². The molecule has 59 heavy (non-hydrogen) atoms. The summed E-state index contributed by atoms with van der Waals surface area (Å²) in [6.45, 7) is 14.6. The first-order valence-electron chi connectivity index (χ1n) is 17.1. The van der Waals surface area contributed by atoms with E-state index >= 15 is 0 Å². The number of hydrogen-bond donors (Lipinski definition) is 3. The predicted octanol–water partition coefficient (Wildman–Crippen LogP) is 6.48. The number of hydrogen-bond acceptors (Lipinski definition) is 18. The molecule has 0 saturated heterocycles. The molecular weight excluding hydrogens is 867 g/mol. The monoisotopic (exact) mass is 904 g/mol. The number of carbonyl (C=O) groups is 2. The van der Waals surface area contributed by atoms with Gasteiger partial charge in [-0.15, -0.1) is 44.5 Å². The fourth-order valence-corrected chi connectivity index (χ4v) is 5.74. The van der Waals surface area contributed by atoms with Gasteiger partial charge in [0, 0.05) is 45.1 Å². The van der Waals surface area contributed by atoms with Crippen LogP contribution < -0.4 is 10.6 Å². The summed E-state index contributed by atoms with van der Waals surface area (Å²) in [6.07, 6.45) is 3.02. The number of pyridine rings is 2. The van der Waals surface area contributed by atoms with E-state index in [-0.39, 0.29) is 24.3 Å². The number of halogens is 3. The van der Waals surface area contributed by atoms with Crippen molar-refractivity contribution in [3.8, 4) is 0 Å². The summed E-state index contributed by atoms with van der Waals surface area (Å²) in [5.74, 6) is 1.81. The van der Waals surface area contributed by atoms with Crippen molar-refractivity contribution in [2.75, 3.05) is 10.6 Å². The normalized spacial score (nSPS) is 11.8. The molecule has 6 aromatic rings. The van der Waals surface area contributed by atoms with Gasteiger partial charge in [0.15, 0.2) is 28.5 Å². The van der Waals surface area contributed by atoms with Crippen molar-refractivity contribution >= 4 is 91.2 Å². The molecule has 6 rings (SSSR count). The summed E-state index contributed by atoms with van der Waals surface area (Å²) < 4.78 is 2.73. The molecule has 0 bridgehead atoms. The van der Waals surface area contributed by atoms with Crippen LogP contribution in [0, 0.1) is 24.7 Å². The van der Waals surface area contributed by atoms with Crippen LogP contribution in [0.1, 0.15) is 75.7 Å². The number of oxime groups is 2. The van der Waals surface area contributed by atoms with Crippen LogP contribution in [0.2, 0.25) is 10.3 Å². The first-order valence-corrected chi connectivity index (χ1v) is 20.2. The summed E-state index contributed by atoms with van der Waals surface area (Å²) >= 11 is 19.8. The van der Waals surface area contributed by atoms with Crippen molar-refractivity contribution < 1.29 is 19.6 Å². The predicted molar refractivity (Wildman–Crippen MR) is 224 cm³/mol. The maximum atomic E-state index is 12.1. The molecule has 20 nitrogen and oxygen atoms in total. The lowest BCUT2D eigenvalue weighted by molar-refractivity contribution is -0.123. The highest BCUT2D eigenvalue weighted by Crippen LogP contribution is 2.22. The van der Waals surface area contributed by atoms with Gasteiger partial charge in [0.2, 0.25) is 23.5 Å². The molecule has 0 aliphatic carbocycles. The lowest BCUT2D eigenvalue weighted by atomic mass is 9.96. The molecule has 6 heterocycles. The third-order valence-electron chi connectivity index (χ3n) is 7.13. The summed E-state index contributed by atoms with van der Waals surface area (Å²) in [4.78, 5) is 45.5. The molecule has 0 atom stereocenters. The quantitative estimate of drug-likeness (QED) is 0.0369. The van der Waals surface area contributed by atoms with Gasteiger partial charge in [-0.25, -0.2) is 19.9 Å². The first-order chi connectivity index (χ1) is 27.9. The standard InChI is InChI=1S/C17H19ClN8O2S.C9H13ClN2OS.C8H7ClN6O/c1-10-22-24-25-26(10)14(11-5-6-13(18)19-7-11)23-28-8-12-9-29-16(20-12)21-15(27)17(2,3)4;1-9(2,3)7(13)12-8-11-6(4-10)5-14-8;1-5-11-13-14-15(5)8(12-16)6-2-3-7(9)10-4-6/h5-7,9H,8H2,1-4H3,(H,20,21,27);5H,4H2,1-3H3,(H,11,12,13);2-4,16H,1H3/b23-14+;;12-8+. The Labute approximate surface area is 361 Å². The lowest BCUT2D eigenvalue weighted by Gasteiger charge is -2.15.